The highest BCUT2D eigenvalue weighted by molar-refractivity contribution is 6.03. The molecule has 12 aromatic rings. The molecule has 3 aromatic heterocycles. The van der Waals surface area contributed by atoms with Crippen molar-refractivity contribution in [3.05, 3.63) is 255 Å². The van der Waals surface area contributed by atoms with Gasteiger partial charge in [0.1, 0.15) is 0 Å². The standard InChI is InChI=1S/C64H42N10/c1-7-23-43(24-8-1)51-42-52(66-58(65-51)44-25-9-2-10-26-44)49-39-40-53(50(41-49)63-69-59(45-27-11-3-12-28-45)67-60(70-63)46-29-13-4-14-30-46)73-54-35-19-21-37-56(54)74(57-38-22-20-36-55(57)73)64-71-61(47-31-15-5-16-32-47)68-62(72-64)48-33-17-6-18-34-48/h1-42H. The summed E-state index contributed by atoms with van der Waals surface area (Å²) in [6.07, 6.45) is 0. The molecule has 0 unspecified atom stereocenters. The van der Waals surface area contributed by atoms with Crippen LogP contribution in [0.3, 0.4) is 0 Å². The van der Waals surface area contributed by atoms with E-state index < -0.39 is 0 Å². The van der Waals surface area contributed by atoms with Crippen molar-refractivity contribution in [2.75, 3.05) is 9.80 Å². The Kier molecular flexibility index (Phi) is 11.3. The lowest BCUT2D eigenvalue weighted by molar-refractivity contribution is 1.01. The summed E-state index contributed by atoms with van der Waals surface area (Å²) in [7, 11) is 0. The van der Waals surface area contributed by atoms with Crippen LogP contribution in [-0.4, -0.2) is 39.9 Å². The van der Waals surface area contributed by atoms with Gasteiger partial charge in [-0.05, 0) is 42.5 Å². The molecule has 0 spiro atoms. The molecule has 74 heavy (non-hydrogen) atoms. The van der Waals surface area contributed by atoms with Crippen molar-refractivity contribution < 1.29 is 0 Å². The van der Waals surface area contributed by atoms with E-state index in [0.717, 1.165) is 84.3 Å². The topological polar surface area (TPSA) is 110 Å². The van der Waals surface area contributed by atoms with Gasteiger partial charge in [0.2, 0.25) is 5.95 Å². The van der Waals surface area contributed by atoms with Crippen molar-refractivity contribution in [3.8, 4) is 90.8 Å². The van der Waals surface area contributed by atoms with E-state index in [1.807, 2.05) is 182 Å². The maximum atomic E-state index is 5.35. The lowest BCUT2D eigenvalue weighted by Crippen LogP contribution is -2.26. The van der Waals surface area contributed by atoms with Gasteiger partial charge in [-0.3, -0.25) is 4.90 Å². The Hall–Kier alpha value is -10.3. The molecular weight excluding hydrogens is 909 g/mol. The minimum Gasteiger partial charge on any atom is -0.306 e. The average Bonchev–Trinajstić information content (AvgIpc) is 3.49. The quantitative estimate of drug-likeness (QED) is 0.131. The van der Waals surface area contributed by atoms with Crippen LogP contribution in [0.25, 0.3) is 90.8 Å². The summed E-state index contributed by atoms with van der Waals surface area (Å²) in [6, 6.07) is 85.8. The fourth-order valence-corrected chi connectivity index (χ4v) is 9.38. The van der Waals surface area contributed by atoms with Gasteiger partial charge in [0.15, 0.2) is 34.9 Å². The Balaban J connectivity index is 1.05. The van der Waals surface area contributed by atoms with E-state index in [4.69, 9.17) is 39.9 Å². The van der Waals surface area contributed by atoms with Crippen molar-refractivity contribution in [3.63, 3.8) is 0 Å². The summed E-state index contributed by atoms with van der Waals surface area (Å²) < 4.78 is 0. The van der Waals surface area contributed by atoms with Crippen LogP contribution in [-0.2, 0) is 0 Å². The molecule has 348 valence electrons. The van der Waals surface area contributed by atoms with Crippen LogP contribution in [0.2, 0.25) is 0 Å². The first-order valence-corrected chi connectivity index (χ1v) is 24.4. The fourth-order valence-electron chi connectivity index (χ4n) is 9.38. The predicted octanol–water partition coefficient (Wildman–Crippen LogP) is 15.4. The van der Waals surface area contributed by atoms with E-state index >= 15 is 0 Å². The van der Waals surface area contributed by atoms with Gasteiger partial charge in [0.05, 0.1) is 39.8 Å². The Labute approximate surface area is 427 Å². The Morgan fingerprint density at radius 3 is 0.919 bits per heavy atom. The second-order valence-corrected chi connectivity index (χ2v) is 17.6. The molecule has 13 rings (SSSR count). The monoisotopic (exact) mass is 950 g/mol. The molecule has 0 N–H and O–H groups in total. The third-order valence-corrected chi connectivity index (χ3v) is 12.9. The molecule has 1 aliphatic heterocycles. The van der Waals surface area contributed by atoms with Crippen LogP contribution in [0, 0.1) is 0 Å². The number of fused-ring (bicyclic) bond motifs is 2. The van der Waals surface area contributed by atoms with Crippen molar-refractivity contribution >= 4 is 34.4 Å². The zero-order valence-electron chi connectivity index (χ0n) is 39.7. The Morgan fingerprint density at radius 2 is 0.514 bits per heavy atom. The summed E-state index contributed by atoms with van der Waals surface area (Å²) in [5, 5.41) is 0. The highest BCUT2D eigenvalue weighted by Gasteiger charge is 2.34. The Morgan fingerprint density at radius 1 is 0.203 bits per heavy atom. The molecule has 9 aromatic carbocycles. The second-order valence-electron chi connectivity index (χ2n) is 17.6. The van der Waals surface area contributed by atoms with Crippen LogP contribution >= 0.6 is 0 Å². The maximum absolute atomic E-state index is 5.35. The maximum Gasteiger partial charge on any atom is 0.238 e. The van der Waals surface area contributed by atoms with Gasteiger partial charge >= 0.3 is 0 Å². The predicted molar refractivity (Wildman–Crippen MR) is 295 cm³/mol. The third kappa shape index (κ3) is 8.37. The van der Waals surface area contributed by atoms with Gasteiger partial charge in [-0.15, -0.1) is 0 Å². The fraction of sp³-hybridized carbons (Fsp3) is 0. The number of benzene rings is 9. The summed E-state index contributed by atoms with van der Waals surface area (Å²) in [4.78, 5) is 46.1. The van der Waals surface area contributed by atoms with Crippen LogP contribution in [0.5, 0.6) is 0 Å². The zero-order valence-corrected chi connectivity index (χ0v) is 39.7. The van der Waals surface area contributed by atoms with E-state index in [1.165, 1.54) is 0 Å². The van der Waals surface area contributed by atoms with Crippen molar-refractivity contribution in [2.24, 2.45) is 0 Å². The number of nitrogens with zero attached hydrogens (tertiary/aromatic N) is 10. The number of para-hydroxylation sites is 4. The van der Waals surface area contributed by atoms with Crippen molar-refractivity contribution in [2.45, 2.75) is 0 Å². The minimum atomic E-state index is 0.484. The van der Waals surface area contributed by atoms with E-state index in [2.05, 4.69) is 82.6 Å². The summed E-state index contributed by atoms with van der Waals surface area (Å²) in [5.41, 5.74) is 12.9. The zero-order chi connectivity index (χ0) is 49.2. The van der Waals surface area contributed by atoms with Crippen LogP contribution in [0.1, 0.15) is 0 Å². The number of aromatic nitrogens is 8. The molecule has 0 saturated heterocycles. The molecule has 10 heteroatoms. The molecule has 4 heterocycles. The first kappa shape index (κ1) is 43.7. The molecule has 10 nitrogen and oxygen atoms in total. The van der Waals surface area contributed by atoms with Crippen molar-refractivity contribution in [1.82, 2.24) is 39.9 Å². The van der Waals surface area contributed by atoms with E-state index in [9.17, 15) is 0 Å². The molecular formula is C64H42N10. The third-order valence-electron chi connectivity index (χ3n) is 12.9. The molecule has 0 saturated carbocycles. The van der Waals surface area contributed by atoms with Crippen LogP contribution in [0.15, 0.2) is 255 Å². The number of hydrogen-bond donors (Lipinski definition) is 0. The minimum absolute atomic E-state index is 0.484. The highest BCUT2D eigenvalue weighted by atomic mass is 15.3. The summed E-state index contributed by atoms with van der Waals surface area (Å²) in [5.74, 6) is 3.83. The van der Waals surface area contributed by atoms with Crippen LogP contribution < -0.4 is 9.80 Å². The normalized spacial score (nSPS) is 11.7. The van der Waals surface area contributed by atoms with Crippen molar-refractivity contribution in [1.29, 1.82) is 0 Å². The number of rotatable bonds is 10. The first-order chi connectivity index (χ1) is 36.7. The van der Waals surface area contributed by atoms with Gasteiger partial charge < -0.3 is 4.90 Å². The average molecular weight is 951 g/mol. The van der Waals surface area contributed by atoms with Gasteiger partial charge in [0, 0.05) is 44.5 Å². The van der Waals surface area contributed by atoms with Gasteiger partial charge in [0.25, 0.3) is 0 Å². The van der Waals surface area contributed by atoms with Gasteiger partial charge in [-0.25, -0.2) is 29.9 Å². The van der Waals surface area contributed by atoms with E-state index in [-0.39, 0.29) is 0 Å². The number of anilines is 6. The molecule has 0 radical (unpaired) electrons. The first-order valence-electron chi connectivity index (χ1n) is 24.4. The molecule has 1 aliphatic rings. The molecule has 0 aliphatic carbocycles. The molecule has 0 amide bonds. The smallest absolute Gasteiger partial charge is 0.238 e. The number of hydrogen-bond acceptors (Lipinski definition) is 10. The van der Waals surface area contributed by atoms with E-state index in [0.29, 0.717) is 40.9 Å². The lowest BCUT2D eigenvalue weighted by Gasteiger charge is -2.39. The van der Waals surface area contributed by atoms with E-state index in [1.54, 1.807) is 0 Å². The summed E-state index contributed by atoms with van der Waals surface area (Å²) >= 11 is 0. The largest absolute Gasteiger partial charge is 0.306 e. The molecule has 0 fully saturated rings. The van der Waals surface area contributed by atoms with Gasteiger partial charge in [-0.2, -0.15) is 9.97 Å². The SMILES string of the molecule is c1ccc(-c2cc(-c3ccc(N4c5ccccc5N(c5nc(-c6ccccc6)nc(-c6ccccc6)n5)c5ccccc54)c(-c4nc(-c5ccccc5)nc(-c5ccccc5)n4)c3)nc(-c3ccccc3)n2)cc1. The molecule has 0 bridgehead atoms. The highest BCUT2D eigenvalue weighted by Crippen LogP contribution is 2.55. The lowest BCUT2D eigenvalue weighted by atomic mass is 9.99. The van der Waals surface area contributed by atoms with Crippen LogP contribution in [0.4, 0.5) is 34.4 Å². The van der Waals surface area contributed by atoms with Gasteiger partial charge in [-0.1, -0.05) is 212 Å². The Bertz CT molecular complexity index is 3740. The summed E-state index contributed by atoms with van der Waals surface area (Å²) in [6.45, 7) is 0. The molecule has 0 atom stereocenters. The second kappa shape index (κ2) is 19.1.